The lowest BCUT2D eigenvalue weighted by Gasteiger charge is -2.14. The summed E-state index contributed by atoms with van der Waals surface area (Å²) in [5.41, 5.74) is 2.19. The fourth-order valence-electron chi connectivity index (χ4n) is 2.24. The number of hydrogen-bond donors (Lipinski definition) is 1. The molecule has 2 aromatic carbocycles. The number of aliphatic hydroxyl groups is 1. The van der Waals surface area contributed by atoms with Crippen molar-refractivity contribution >= 4 is 0 Å². The molecule has 2 aromatic rings. The molecule has 2 nitrogen and oxygen atoms in total. The molecule has 0 radical (unpaired) electrons. The molecule has 1 N–H and O–H groups in total. The van der Waals surface area contributed by atoms with Crippen LogP contribution in [0.1, 0.15) is 30.1 Å². The molecule has 1 unspecified atom stereocenters. The third-order valence-corrected chi connectivity index (χ3v) is 3.28. The smallest absolute Gasteiger partial charge is 0.124 e. The Morgan fingerprint density at radius 3 is 2.42 bits per heavy atom. The Morgan fingerprint density at radius 2 is 1.68 bits per heavy atom. The fraction of sp³-hybridized carbons (Fsp3) is 0.294. The third-order valence-electron chi connectivity index (χ3n) is 3.28. The number of ether oxygens (including phenoxy) is 1. The van der Waals surface area contributed by atoms with Gasteiger partial charge in [0.15, 0.2) is 0 Å². The Morgan fingerprint density at radius 1 is 1.00 bits per heavy atom. The molecule has 100 valence electrons. The topological polar surface area (TPSA) is 29.5 Å². The number of para-hydroxylation sites is 1. The summed E-state index contributed by atoms with van der Waals surface area (Å²) in [4.78, 5) is 0. The number of rotatable bonds is 6. The summed E-state index contributed by atoms with van der Waals surface area (Å²) >= 11 is 0. The van der Waals surface area contributed by atoms with Gasteiger partial charge in [0.05, 0.1) is 13.2 Å². The van der Waals surface area contributed by atoms with E-state index in [1.54, 1.807) is 7.11 Å². The van der Waals surface area contributed by atoms with Crippen molar-refractivity contribution in [3.63, 3.8) is 0 Å². The lowest BCUT2D eigenvalue weighted by molar-refractivity contribution is 0.160. The van der Waals surface area contributed by atoms with E-state index >= 15 is 0 Å². The highest BCUT2D eigenvalue weighted by Crippen LogP contribution is 2.27. The van der Waals surface area contributed by atoms with Crippen LogP contribution in [0.5, 0.6) is 5.75 Å². The maximum absolute atomic E-state index is 10.2. The summed E-state index contributed by atoms with van der Waals surface area (Å²) in [5.74, 6) is 0.759. The van der Waals surface area contributed by atoms with E-state index < -0.39 is 6.10 Å². The van der Waals surface area contributed by atoms with Crippen molar-refractivity contribution in [2.45, 2.75) is 25.4 Å². The minimum atomic E-state index is -0.458. The van der Waals surface area contributed by atoms with Crippen LogP contribution in [-0.2, 0) is 6.42 Å². The minimum absolute atomic E-state index is 0.458. The average Bonchev–Trinajstić information content (AvgIpc) is 2.48. The molecule has 19 heavy (non-hydrogen) atoms. The summed E-state index contributed by atoms with van der Waals surface area (Å²) in [7, 11) is 1.63. The number of methoxy groups -OCH3 is 1. The van der Waals surface area contributed by atoms with Crippen LogP contribution < -0.4 is 4.74 Å². The van der Waals surface area contributed by atoms with Crippen LogP contribution in [0.4, 0.5) is 0 Å². The van der Waals surface area contributed by atoms with Crippen molar-refractivity contribution in [2.24, 2.45) is 0 Å². The molecule has 0 amide bonds. The first-order chi connectivity index (χ1) is 9.31. The molecule has 0 aromatic heterocycles. The van der Waals surface area contributed by atoms with E-state index in [1.165, 1.54) is 5.56 Å². The van der Waals surface area contributed by atoms with Crippen molar-refractivity contribution in [3.8, 4) is 5.75 Å². The third kappa shape index (κ3) is 3.83. The van der Waals surface area contributed by atoms with Crippen molar-refractivity contribution in [1.29, 1.82) is 0 Å². The molecule has 0 aliphatic heterocycles. The number of aryl methyl sites for hydroxylation is 1. The zero-order valence-electron chi connectivity index (χ0n) is 11.3. The van der Waals surface area contributed by atoms with Gasteiger partial charge in [0.25, 0.3) is 0 Å². The monoisotopic (exact) mass is 256 g/mol. The first-order valence-electron chi connectivity index (χ1n) is 6.66. The Hall–Kier alpha value is -1.80. The van der Waals surface area contributed by atoms with Gasteiger partial charge in [0.2, 0.25) is 0 Å². The van der Waals surface area contributed by atoms with Crippen LogP contribution in [0.15, 0.2) is 54.6 Å². The van der Waals surface area contributed by atoms with Gasteiger partial charge in [-0.2, -0.15) is 0 Å². The molecule has 0 bridgehead atoms. The second kappa shape index (κ2) is 6.95. The summed E-state index contributed by atoms with van der Waals surface area (Å²) in [5, 5.41) is 10.2. The number of benzene rings is 2. The van der Waals surface area contributed by atoms with Crippen LogP contribution in [0.25, 0.3) is 0 Å². The van der Waals surface area contributed by atoms with Crippen molar-refractivity contribution < 1.29 is 9.84 Å². The number of hydrogen-bond acceptors (Lipinski definition) is 2. The van der Waals surface area contributed by atoms with Crippen molar-refractivity contribution in [1.82, 2.24) is 0 Å². The number of aliphatic hydroxyl groups excluding tert-OH is 1. The van der Waals surface area contributed by atoms with Crippen LogP contribution >= 0.6 is 0 Å². The van der Waals surface area contributed by atoms with Gasteiger partial charge < -0.3 is 9.84 Å². The van der Waals surface area contributed by atoms with Crippen molar-refractivity contribution in [3.05, 3.63) is 65.7 Å². The first-order valence-corrected chi connectivity index (χ1v) is 6.66. The van der Waals surface area contributed by atoms with Crippen LogP contribution in [-0.4, -0.2) is 12.2 Å². The van der Waals surface area contributed by atoms with Crippen LogP contribution in [0.3, 0.4) is 0 Å². The van der Waals surface area contributed by atoms with E-state index in [4.69, 9.17) is 4.74 Å². The van der Waals surface area contributed by atoms with Gasteiger partial charge in [0.1, 0.15) is 5.75 Å². The second-order valence-corrected chi connectivity index (χ2v) is 4.64. The van der Waals surface area contributed by atoms with Gasteiger partial charge in [-0.05, 0) is 30.9 Å². The van der Waals surface area contributed by atoms with Gasteiger partial charge >= 0.3 is 0 Å². The zero-order chi connectivity index (χ0) is 13.5. The molecule has 0 saturated heterocycles. The zero-order valence-corrected chi connectivity index (χ0v) is 11.3. The van der Waals surface area contributed by atoms with Gasteiger partial charge in [0, 0.05) is 5.56 Å². The maximum atomic E-state index is 10.2. The largest absolute Gasteiger partial charge is 0.496 e. The Bertz CT molecular complexity index is 494. The quantitative estimate of drug-likeness (QED) is 0.853. The molecule has 1 atom stereocenters. The Labute approximate surface area is 114 Å². The molecule has 0 aliphatic carbocycles. The Balaban J connectivity index is 1.89. The van der Waals surface area contributed by atoms with E-state index in [-0.39, 0.29) is 0 Å². The van der Waals surface area contributed by atoms with E-state index in [0.29, 0.717) is 0 Å². The van der Waals surface area contributed by atoms with Gasteiger partial charge in [-0.25, -0.2) is 0 Å². The maximum Gasteiger partial charge on any atom is 0.124 e. The summed E-state index contributed by atoms with van der Waals surface area (Å²) in [6, 6.07) is 18.0. The predicted molar refractivity (Wildman–Crippen MR) is 77.3 cm³/mol. The first kappa shape index (κ1) is 13.6. The lowest BCUT2D eigenvalue weighted by Crippen LogP contribution is -2.01. The Kier molecular flexibility index (Phi) is 4.99. The molecule has 2 heteroatoms. The second-order valence-electron chi connectivity index (χ2n) is 4.64. The van der Waals surface area contributed by atoms with Crippen LogP contribution in [0, 0.1) is 0 Å². The molecule has 0 fully saturated rings. The van der Waals surface area contributed by atoms with E-state index in [1.807, 2.05) is 42.5 Å². The summed E-state index contributed by atoms with van der Waals surface area (Å²) in [6.07, 6.45) is 2.24. The minimum Gasteiger partial charge on any atom is -0.496 e. The van der Waals surface area contributed by atoms with Crippen molar-refractivity contribution in [2.75, 3.05) is 7.11 Å². The summed E-state index contributed by atoms with van der Waals surface area (Å²) < 4.78 is 5.27. The van der Waals surface area contributed by atoms with E-state index in [0.717, 1.165) is 30.6 Å². The van der Waals surface area contributed by atoms with Gasteiger partial charge in [-0.1, -0.05) is 48.5 Å². The van der Waals surface area contributed by atoms with E-state index in [2.05, 4.69) is 12.1 Å². The molecule has 0 saturated carbocycles. The van der Waals surface area contributed by atoms with Crippen LogP contribution in [0.2, 0.25) is 0 Å². The van der Waals surface area contributed by atoms with Gasteiger partial charge in [-0.15, -0.1) is 0 Å². The standard InChI is InChI=1S/C17H20O2/c1-19-17-13-6-5-11-15(17)16(18)12-7-10-14-8-3-2-4-9-14/h2-6,8-9,11,13,16,18H,7,10,12H2,1H3. The highest BCUT2D eigenvalue weighted by atomic mass is 16.5. The normalized spacial score (nSPS) is 12.1. The highest BCUT2D eigenvalue weighted by molar-refractivity contribution is 5.34. The predicted octanol–water partition coefficient (Wildman–Crippen LogP) is 3.75. The molecule has 0 spiro atoms. The molecule has 0 aliphatic rings. The molecular formula is C17H20O2. The average molecular weight is 256 g/mol. The van der Waals surface area contributed by atoms with E-state index in [9.17, 15) is 5.11 Å². The lowest BCUT2D eigenvalue weighted by atomic mass is 10.0. The highest BCUT2D eigenvalue weighted by Gasteiger charge is 2.12. The SMILES string of the molecule is COc1ccccc1C(O)CCCc1ccccc1. The van der Waals surface area contributed by atoms with Gasteiger partial charge in [-0.3, -0.25) is 0 Å². The molecule has 0 heterocycles. The summed E-state index contributed by atoms with van der Waals surface area (Å²) in [6.45, 7) is 0. The molecule has 2 rings (SSSR count). The fourth-order valence-corrected chi connectivity index (χ4v) is 2.24. The molecular weight excluding hydrogens is 236 g/mol.